The van der Waals surface area contributed by atoms with Crippen molar-refractivity contribution >= 4 is 33.5 Å². The molecule has 2 aromatic heterocycles. The first-order valence-corrected chi connectivity index (χ1v) is 12.1. The van der Waals surface area contributed by atoms with E-state index in [1.54, 1.807) is 24.3 Å². The number of rotatable bonds is 6. The molecular formula is C27H27N5O3. The molecular weight excluding hydrogens is 442 g/mol. The summed E-state index contributed by atoms with van der Waals surface area (Å²) in [6.07, 6.45) is 5.32. The minimum atomic E-state index is -0.575. The molecule has 0 unspecified atom stereocenters. The lowest BCUT2D eigenvalue weighted by Crippen LogP contribution is -2.43. The molecule has 2 aromatic carbocycles. The SMILES string of the molecule is CCCCCn1nc(C(=O)NNC(=O)c2c3c(nc4ccccc24)CCC3)c2ccccc2c1=O. The van der Waals surface area contributed by atoms with Crippen molar-refractivity contribution in [3.8, 4) is 0 Å². The van der Waals surface area contributed by atoms with Crippen molar-refractivity contribution in [1.29, 1.82) is 0 Å². The third-order valence-electron chi connectivity index (χ3n) is 6.49. The van der Waals surface area contributed by atoms with Crippen LogP contribution >= 0.6 is 0 Å². The topological polar surface area (TPSA) is 106 Å². The minimum absolute atomic E-state index is 0.0989. The summed E-state index contributed by atoms with van der Waals surface area (Å²) in [5.74, 6) is -0.968. The summed E-state index contributed by atoms with van der Waals surface area (Å²) in [5.41, 5.74) is 8.15. The average Bonchev–Trinajstić information content (AvgIpc) is 3.35. The molecule has 2 heterocycles. The fraction of sp³-hybridized carbons (Fsp3) is 0.296. The van der Waals surface area contributed by atoms with Crippen LogP contribution in [-0.4, -0.2) is 26.6 Å². The molecule has 178 valence electrons. The first-order valence-electron chi connectivity index (χ1n) is 12.1. The lowest BCUT2D eigenvalue weighted by Gasteiger charge is -2.14. The first kappa shape index (κ1) is 22.7. The van der Waals surface area contributed by atoms with Crippen LogP contribution in [0.25, 0.3) is 21.7 Å². The predicted molar refractivity (Wildman–Crippen MR) is 134 cm³/mol. The lowest BCUT2D eigenvalue weighted by atomic mass is 10.0. The van der Waals surface area contributed by atoms with Gasteiger partial charge in [0.1, 0.15) is 0 Å². The number of fused-ring (bicyclic) bond motifs is 3. The van der Waals surface area contributed by atoms with Crippen molar-refractivity contribution in [2.75, 3.05) is 0 Å². The van der Waals surface area contributed by atoms with E-state index in [1.807, 2.05) is 24.3 Å². The van der Waals surface area contributed by atoms with E-state index in [4.69, 9.17) is 4.98 Å². The molecule has 0 radical (unpaired) electrons. The quantitative estimate of drug-likeness (QED) is 0.331. The van der Waals surface area contributed by atoms with Gasteiger partial charge in [-0.1, -0.05) is 56.2 Å². The van der Waals surface area contributed by atoms with E-state index >= 15 is 0 Å². The van der Waals surface area contributed by atoms with Gasteiger partial charge in [-0.3, -0.25) is 30.2 Å². The number of hydrazine groups is 1. The molecule has 2 N–H and O–H groups in total. The van der Waals surface area contributed by atoms with Gasteiger partial charge in [0.15, 0.2) is 5.69 Å². The number of carbonyl (C=O) groups is 2. The number of aromatic nitrogens is 3. The summed E-state index contributed by atoms with van der Waals surface area (Å²) < 4.78 is 1.35. The third-order valence-corrected chi connectivity index (χ3v) is 6.49. The Kier molecular flexibility index (Phi) is 6.27. The molecule has 4 aromatic rings. The zero-order valence-corrected chi connectivity index (χ0v) is 19.6. The number of benzene rings is 2. The molecule has 5 rings (SSSR count). The van der Waals surface area contributed by atoms with E-state index in [2.05, 4.69) is 22.9 Å². The number of nitrogens with one attached hydrogen (secondary N) is 2. The second-order valence-electron chi connectivity index (χ2n) is 8.82. The molecule has 8 nitrogen and oxygen atoms in total. The molecule has 0 atom stereocenters. The smallest absolute Gasteiger partial charge is 0.267 e. The monoisotopic (exact) mass is 469 g/mol. The van der Waals surface area contributed by atoms with Gasteiger partial charge in [0.25, 0.3) is 17.4 Å². The third kappa shape index (κ3) is 4.27. The lowest BCUT2D eigenvalue weighted by molar-refractivity contribution is 0.0844. The zero-order valence-electron chi connectivity index (χ0n) is 19.6. The van der Waals surface area contributed by atoms with Gasteiger partial charge in [0, 0.05) is 23.0 Å². The van der Waals surface area contributed by atoms with E-state index in [-0.39, 0.29) is 11.3 Å². The zero-order chi connectivity index (χ0) is 24.4. The normalized spacial score (nSPS) is 12.6. The maximum Gasteiger partial charge on any atom is 0.290 e. The molecule has 35 heavy (non-hydrogen) atoms. The number of para-hydroxylation sites is 1. The van der Waals surface area contributed by atoms with Gasteiger partial charge in [-0.15, -0.1) is 0 Å². The fourth-order valence-electron chi connectivity index (χ4n) is 4.77. The van der Waals surface area contributed by atoms with Gasteiger partial charge < -0.3 is 0 Å². The van der Waals surface area contributed by atoms with Gasteiger partial charge in [0.2, 0.25) is 0 Å². The molecule has 1 aliphatic carbocycles. The number of pyridine rings is 1. The Morgan fingerprint density at radius 3 is 2.43 bits per heavy atom. The Morgan fingerprint density at radius 1 is 0.914 bits per heavy atom. The molecule has 0 aliphatic heterocycles. The van der Waals surface area contributed by atoms with Crippen LogP contribution in [0.5, 0.6) is 0 Å². The van der Waals surface area contributed by atoms with Crippen LogP contribution in [0.15, 0.2) is 53.3 Å². The molecule has 0 saturated carbocycles. The Labute approximate surface area is 202 Å². The van der Waals surface area contributed by atoms with E-state index < -0.39 is 11.8 Å². The van der Waals surface area contributed by atoms with E-state index in [1.165, 1.54) is 4.68 Å². The van der Waals surface area contributed by atoms with E-state index in [9.17, 15) is 14.4 Å². The number of hydrogen-bond acceptors (Lipinski definition) is 5. The minimum Gasteiger partial charge on any atom is -0.267 e. The molecule has 0 saturated heterocycles. The second kappa shape index (κ2) is 9.66. The Hall–Kier alpha value is -4.07. The molecule has 1 aliphatic rings. The summed E-state index contributed by atoms with van der Waals surface area (Å²) in [5, 5.41) is 5.99. The molecule has 0 bridgehead atoms. The van der Waals surface area contributed by atoms with E-state index in [0.717, 1.165) is 60.7 Å². The van der Waals surface area contributed by atoms with Crippen molar-refractivity contribution in [3.05, 3.63) is 81.4 Å². The van der Waals surface area contributed by atoms with Crippen molar-refractivity contribution in [1.82, 2.24) is 25.6 Å². The summed E-state index contributed by atoms with van der Waals surface area (Å²) >= 11 is 0. The van der Waals surface area contributed by atoms with Gasteiger partial charge in [-0.2, -0.15) is 5.10 Å². The number of hydrogen-bond donors (Lipinski definition) is 2. The standard InChI is InChI=1S/C27H27N5O3/c1-2-3-8-16-32-27(35)18-11-5-4-10-17(18)24(31-32)26(34)30-29-25(33)23-19-12-6-7-14-21(19)28-22-15-9-13-20(22)23/h4-7,10-12,14H,2-3,8-9,13,15-16H2,1H3,(H,29,33)(H,30,34). The highest BCUT2D eigenvalue weighted by atomic mass is 16.2. The molecule has 0 spiro atoms. The maximum atomic E-state index is 13.3. The van der Waals surface area contributed by atoms with Crippen LogP contribution in [0.4, 0.5) is 0 Å². The summed E-state index contributed by atoms with van der Waals surface area (Å²) in [6, 6.07) is 14.4. The summed E-state index contributed by atoms with van der Waals surface area (Å²) in [6.45, 7) is 2.51. The van der Waals surface area contributed by atoms with Crippen LogP contribution in [-0.2, 0) is 19.4 Å². The number of nitrogens with zero attached hydrogens (tertiary/aromatic N) is 3. The van der Waals surface area contributed by atoms with Crippen LogP contribution in [0.3, 0.4) is 0 Å². The molecule has 0 fully saturated rings. The summed E-state index contributed by atoms with van der Waals surface area (Å²) in [4.78, 5) is 44.0. The maximum absolute atomic E-state index is 13.3. The Bertz CT molecular complexity index is 1510. The largest absolute Gasteiger partial charge is 0.290 e. The van der Waals surface area contributed by atoms with Gasteiger partial charge in [-0.05, 0) is 43.4 Å². The van der Waals surface area contributed by atoms with Crippen LogP contribution in [0.1, 0.15) is 64.7 Å². The van der Waals surface area contributed by atoms with Crippen molar-refractivity contribution in [2.24, 2.45) is 0 Å². The highest BCUT2D eigenvalue weighted by Crippen LogP contribution is 2.29. The number of unbranched alkanes of at least 4 members (excludes halogenated alkanes) is 2. The van der Waals surface area contributed by atoms with E-state index in [0.29, 0.717) is 22.9 Å². The molecule has 8 heteroatoms. The van der Waals surface area contributed by atoms with Crippen molar-refractivity contribution in [2.45, 2.75) is 52.0 Å². The van der Waals surface area contributed by atoms with Crippen molar-refractivity contribution < 1.29 is 9.59 Å². The first-order chi connectivity index (χ1) is 17.1. The Morgan fingerprint density at radius 2 is 1.63 bits per heavy atom. The van der Waals surface area contributed by atoms with Gasteiger partial charge >= 0.3 is 0 Å². The highest BCUT2D eigenvalue weighted by molar-refractivity contribution is 6.10. The van der Waals surface area contributed by atoms with Crippen molar-refractivity contribution in [3.63, 3.8) is 0 Å². The number of amides is 2. The Balaban J connectivity index is 1.45. The average molecular weight is 470 g/mol. The van der Waals surface area contributed by atoms with Gasteiger partial charge in [0.05, 0.1) is 16.5 Å². The fourth-order valence-corrected chi connectivity index (χ4v) is 4.77. The van der Waals surface area contributed by atoms with Crippen LogP contribution in [0, 0.1) is 0 Å². The number of aryl methyl sites for hydroxylation is 2. The van der Waals surface area contributed by atoms with Crippen LogP contribution in [0.2, 0.25) is 0 Å². The van der Waals surface area contributed by atoms with Gasteiger partial charge in [-0.25, -0.2) is 4.68 Å². The molecule has 2 amide bonds. The van der Waals surface area contributed by atoms with Crippen LogP contribution < -0.4 is 16.4 Å². The number of carbonyl (C=O) groups excluding carboxylic acids is 2. The second-order valence-corrected chi connectivity index (χ2v) is 8.82. The summed E-state index contributed by atoms with van der Waals surface area (Å²) in [7, 11) is 0. The predicted octanol–water partition coefficient (Wildman–Crippen LogP) is 3.70. The highest BCUT2D eigenvalue weighted by Gasteiger charge is 2.24.